The second-order valence-electron chi connectivity index (χ2n) is 7.48. The lowest BCUT2D eigenvalue weighted by Crippen LogP contribution is -2.42. The predicted molar refractivity (Wildman–Crippen MR) is 101 cm³/mol. The topological polar surface area (TPSA) is 82.1 Å². The summed E-state index contributed by atoms with van der Waals surface area (Å²) in [6.07, 6.45) is 2.86. The van der Waals surface area contributed by atoms with Gasteiger partial charge in [0.25, 0.3) is 11.8 Å². The van der Waals surface area contributed by atoms with Crippen molar-refractivity contribution in [2.75, 3.05) is 13.2 Å². The molecule has 2 amide bonds. The van der Waals surface area contributed by atoms with E-state index in [0.717, 1.165) is 18.4 Å². The van der Waals surface area contributed by atoms with Gasteiger partial charge in [-0.1, -0.05) is 36.1 Å². The first kappa shape index (κ1) is 17.7. The Morgan fingerprint density at radius 1 is 0.897 bits per heavy atom. The van der Waals surface area contributed by atoms with Crippen LogP contribution in [0, 0.1) is 0 Å². The molecular formula is C22H19NO6. The van der Waals surface area contributed by atoms with Crippen molar-refractivity contribution in [3.8, 4) is 11.5 Å². The lowest BCUT2D eigenvalue weighted by molar-refractivity contribution is -0.175. The van der Waals surface area contributed by atoms with Crippen molar-refractivity contribution in [1.82, 2.24) is 5.06 Å². The van der Waals surface area contributed by atoms with Crippen molar-refractivity contribution >= 4 is 17.8 Å². The van der Waals surface area contributed by atoms with E-state index in [2.05, 4.69) is 0 Å². The number of fused-ring (bicyclic) bond motifs is 2. The minimum absolute atomic E-state index is 0.241. The molecule has 0 spiro atoms. The van der Waals surface area contributed by atoms with Crippen molar-refractivity contribution in [2.24, 2.45) is 0 Å². The summed E-state index contributed by atoms with van der Waals surface area (Å²) in [5.41, 5.74) is 0.307. The van der Waals surface area contributed by atoms with E-state index in [9.17, 15) is 14.4 Å². The van der Waals surface area contributed by atoms with Gasteiger partial charge in [0.05, 0.1) is 16.5 Å². The lowest BCUT2D eigenvalue weighted by atomic mass is 9.79. The van der Waals surface area contributed by atoms with E-state index in [0.29, 0.717) is 42.6 Å². The van der Waals surface area contributed by atoms with Crippen LogP contribution < -0.4 is 9.47 Å². The van der Waals surface area contributed by atoms with Gasteiger partial charge < -0.3 is 14.3 Å². The lowest BCUT2D eigenvalue weighted by Gasteiger charge is -2.29. The summed E-state index contributed by atoms with van der Waals surface area (Å²) in [5, 5.41) is 0.588. The Hall–Kier alpha value is -3.35. The van der Waals surface area contributed by atoms with Crippen molar-refractivity contribution in [3.63, 3.8) is 0 Å². The molecule has 0 atom stereocenters. The molecule has 5 rings (SSSR count). The fraction of sp³-hybridized carbons (Fsp3) is 0.318. The van der Waals surface area contributed by atoms with Gasteiger partial charge in [0.15, 0.2) is 11.5 Å². The first-order valence-electron chi connectivity index (χ1n) is 9.70. The van der Waals surface area contributed by atoms with Crippen LogP contribution in [0.4, 0.5) is 0 Å². The molecule has 0 bridgehead atoms. The molecule has 0 unspecified atom stereocenters. The summed E-state index contributed by atoms with van der Waals surface area (Å²) in [4.78, 5) is 43.9. The van der Waals surface area contributed by atoms with E-state index < -0.39 is 23.2 Å². The van der Waals surface area contributed by atoms with Crippen molar-refractivity contribution < 1.29 is 28.7 Å². The zero-order valence-electron chi connectivity index (χ0n) is 15.7. The van der Waals surface area contributed by atoms with E-state index in [1.807, 2.05) is 12.1 Å². The monoisotopic (exact) mass is 393 g/mol. The molecule has 0 radical (unpaired) electrons. The van der Waals surface area contributed by atoms with Crippen LogP contribution in [0.15, 0.2) is 42.5 Å². The number of benzene rings is 2. The molecule has 148 valence electrons. The Morgan fingerprint density at radius 3 is 2.17 bits per heavy atom. The number of hydrogen-bond donors (Lipinski definition) is 0. The first-order chi connectivity index (χ1) is 14.1. The van der Waals surface area contributed by atoms with Gasteiger partial charge in [-0.05, 0) is 42.7 Å². The number of imide groups is 1. The molecular weight excluding hydrogens is 374 g/mol. The van der Waals surface area contributed by atoms with E-state index in [1.54, 1.807) is 30.3 Å². The molecule has 2 aromatic rings. The summed E-state index contributed by atoms with van der Waals surface area (Å²) >= 11 is 0. The van der Waals surface area contributed by atoms with Crippen molar-refractivity contribution in [3.05, 3.63) is 59.2 Å². The third-order valence-corrected chi connectivity index (χ3v) is 5.87. The van der Waals surface area contributed by atoms with Gasteiger partial charge in [-0.3, -0.25) is 9.59 Å². The SMILES string of the molecule is O=C1c2ccccc2C(=O)N1OC(=O)C1(c2ccc3c(c2)OCCO3)CCCC1. The molecule has 2 aromatic carbocycles. The van der Waals surface area contributed by atoms with Gasteiger partial charge in [-0.25, -0.2) is 4.79 Å². The summed E-state index contributed by atoms with van der Waals surface area (Å²) in [6, 6.07) is 11.9. The average Bonchev–Trinajstić information content (AvgIpc) is 3.35. The Balaban J connectivity index is 1.46. The van der Waals surface area contributed by atoms with E-state index in [1.165, 1.54) is 0 Å². The van der Waals surface area contributed by atoms with Crippen LogP contribution in [0.2, 0.25) is 0 Å². The average molecular weight is 393 g/mol. The minimum atomic E-state index is -0.925. The summed E-state index contributed by atoms with van der Waals surface area (Å²) in [7, 11) is 0. The van der Waals surface area contributed by atoms with Gasteiger partial charge >= 0.3 is 5.97 Å². The van der Waals surface area contributed by atoms with Gasteiger partial charge in [-0.15, -0.1) is 0 Å². The molecule has 3 aliphatic rings. The number of amides is 2. The standard InChI is InChI=1S/C22H19NO6/c24-19-15-5-1-2-6-16(15)20(25)23(19)29-21(26)22(9-3-4-10-22)14-7-8-17-18(13-14)28-12-11-27-17/h1-2,5-8,13H,3-4,9-12H2. The Morgan fingerprint density at radius 2 is 1.52 bits per heavy atom. The summed E-state index contributed by atoms with van der Waals surface area (Å²) in [6.45, 7) is 0.933. The number of hydroxylamine groups is 2. The molecule has 2 heterocycles. The van der Waals surface area contributed by atoms with Crippen molar-refractivity contribution in [1.29, 1.82) is 0 Å². The normalized spacial score (nSPS) is 19.2. The maximum Gasteiger partial charge on any atom is 0.343 e. The number of carbonyl (C=O) groups is 3. The van der Waals surface area contributed by atoms with Crippen LogP contribution in [0.5, 0.6) is 11.5 Å². The van der Waals surface area contributed by atoms with Crippen LogP contribution in [-0.2, 0) is 15.0 Å². The third kappa shape index (κ3) is 2.68. The number of rotatable bonds is 3. The quantitative estimate of drug-likeness (QED) is 0.746. The number of carbonyl (C=O) groups excluding carboxylic acids is 3. The maximum absolute atomic E-state index is 13.3. The van der Waals surface area contributed by atoms with E-state index in [4.69, 9.17) is 14.3 Å². The number of hydrogen-bond acceptors (Lipinski definition) is 6. The molecule has 0 saturated heterocycles. The molecule has 7 nitrogen and oxygen atoms in total. The fourth-order valence-electron chi connectivity index (χ4n) is 4.35. The van der Waals surface area contributed by atoms with Crippen LogP contribution in [0.1, 0.15) is 52.0 Å². The highest BCUT2D eigenvalue weighted by Gasteiger charge is 2.48. The first-order valence-corrected chi connectivity index (χ1v) is 9.70. The van der Waals surface area contributed by atoms with Gasteiger partial charge in [0.2, 0.25) is 0 Å². The van der Waals surface area contributed by atoms with Gasteiger partial charge in [0, 0.05) is 0 Å². The highest BCUT2D eigenvalue weighted by Crippen LogP contribution is 2.45. The third-order valence-electron chi connectivity index (χ3n) is 5.87. The molecule has 1 fully saturated rings. The Kier molecular flexibility index (Phi) is 4.04. The highest BCUT2D eigenvalue weighted by molar-refractivity contribution is 6.21. The number of nitrogens with zero attached hydrogens (tertiary/aromatic N) is 1. The molecule has 0 N–H and O–H groups in total. The predicted octanol–water partition coefficient (Wildman–Crippen LogP) is 3.02. The van der Waals surface area contributed by atoms with Gasteiger partial charge in [0.1, 0.15) is 13.2 Å². The summed E-state index contributed by atoms with van der Waals surface area (Å²) < 4.78 is 11.2. The highest BCUT2D eigenvalue weighted by atomic mass is 16.7. The van der Waals surface area contributed by atoms with Crippen LogP contribution >= 0.6 is 0 Å². The Bertz CT molecular complexity index is 989. The molecule has 0 aromatic heterocycles. The second-order valence-corrected chi connectivity index (χ2v) is 7.48. The van der Waals surface area contributed by atoms with Crippen LogP contribution in [0.25, 0.3) is 0 Å². The second kappa shape index (κ2) is 6.62. The largest absolute Gasteiger partial charge is 0.486 e. The molecule has 7 heteroatoms. The Labute approximate surface area is 167 Å². The molecule has 2 aliphatic heterocycles. The van der Waals surface area contributed by atoms with Crippen LogP contribution in [-0.4, -0.2) is 36.1 Å². The maximum atomic E-state index is 13.3. The molecule has 29 heavy (non-hydrogen) atoms. The van der Waals surface area contributed by atoms with E-state index in [-0.39, 0.29) is 11.1 Å². The van der Waals surface area contributed by atoms with Gasteiger partial charge in [-0.2, -0.15) is 0 Å². The van der Waals surface area contributed by atoms with Crippen molar-refractivity contribution in [2.45, 2.75) is 31.1 Å². The zero-order chi connectivity index (χ0) is 20.0. The van der Waals surface area contributed by atoms with Crippen LogP contribution in [0.3, 0.4) is 0 Å². The minimum Gasteiger partial charge on any atom is -0.486 e. The fourth-order valence-corrected chi connectivity index (χ4v) is 4.35. The number of ether oxygens (including phenoxy) is 2. The molecule has 1 saturated carbocycles. The zero-order valence-corrected chi connectivity index (χ0v) is 15.7. The smallest absolute Gasteiger partial charge is 0.343 e. The van der Waals surface area contributed by atoms with E-state index >= 15 is 0 Å². The summed E-state index contributed by atoms with van der Waals surface area (Å²) in [5.74, 6) is -0.597. The molecule has 1 aliphatic carbocycles.